The van der Waals surface area contributed by atoms with Gasteiger partial charge in [0.1, 0.15) is 5.52 Å². The molecular formula is C17H15ClF3N5. The van der Waals surface area contributed by atoms with Gasteiger partial charge in [-0.25, -0.2) is 15.0 Å². The van der Waals surface area contributed by atoms with Gasteiger partial charge in [0, 0.05) is 17.6 Å². The summed E-state index contributed by atoms with van der Waals surface area (Å²) in [4.78, 5) is 11.6. The van der Waals surface area contributed by atoms with Gasteiger partial charge < -0.3 is 9.88 Å². The zero-order valence-corrected chi connectivity index (χ0v) is 14.3. The zero-order valence-electron chi connectivity index (χ0n) is 13.6. The molecule has 3 aromatic rings. The number of hydrogen-bond acceptors (Lipinski definition) is 4. The molecule has 2 aromatic heterocycles. The maximum atomic E-state index is 13.2. The molecule has 1 N–H and O–H groups in total. The normalized spacial score (nSPS) is 14.8. The molecule has 0 atom stereocenters. The van der Waals surface area contributed by atoms with E-state index in [1.54, 1.807) is 10.6 Å². The summed E-state index contributed by atoms with van der Waals surface area (Å²) in [6, 6.07) is 7.52. The van der Waals surface area contributed by atoms with Crippen molar-refractivity contribution in [2.75, 3.05) is 5.32 Å². The Morgan fingerprint density at radius 1 is 1.19 bits per heavy atom. The molecule has 136 valence electrons. The molecule has 1 aliphatic carbocycles. The van der Waals surface area contributed by atoms with Crippen LogP contribution in [0.3, 0.4) is 0 Å². The summed E-state index contributed by atoms with van der Waals surface area (Å²) in [7, 11) is 0. The molecule has 0 amide bonds. The standard InChI is InChI=1S/C17H15ClF3N5/c18-12-4-2-1-3-10(12)7-8-26-9-22-13-14(23-11-5-6-11)24-16(17(19,20)21)25-15(13)26/h1-4,9,11H,5-8H2,(H,23,24,25). The quantitative estimate of drug-likeness (QED) is 0.715. The fraction of sp³-hybridized carbons (Fsp3) is 0.353. The predicted octanol–water partition coefficient (Wildman–Crippen LogP) is 4.32. The van der Waals surface area contributed by atoms with Crippen LogP contribution in [0.2, 0.25) is 5.02 Å². The Hall–Kier alpha value is -2.35. The van der Waals surface area contributed by atoms with Crippen LogP contribution in [0.15, 0.2) is 30.6 Å². The summed E-state index contributed by atoms with van der Waals surface area (Å²) in [5, 5.41) is 3.64. The summed E-state index contributed by atoms with van der Waals surface area (Å²) in [5.41, 5.74) is 1.43. The summed E-state index contributed by atoms with van der Waals surface area (Å²) in [6.45, 7) is 0.414. The first kappa shape index (κ1) is 17.1. The molecule has 0 bridgehead atoms. The van der Waals surface area contributed by atoms with Crippen LogP contribution < -0.4 is 5.32 Å². The molecule has 0 saturated heterocycles. The average molecular weight is 382 g/mol. The number of aryl methyl sites for hydroxylation is 2. The second-order valence-corrected chi connectivity index (χ2v) is 6.67. The number of anilines is 1. The summed E-state index contributed by atoms with van der Waals surface area (Å²) >= 11 is 6.15. The van der Waals surface area contributed by atoms with E-state index in [-0.39, 0.29) is 17.5 Å². The van der Waals surface area contributed by atoms with Crippen molar-refractivity contribution in [2.45, 2.75) is 38.0 Å². The highest BCUT2D eigenvalue weighted by Gasteiger charge is 2.37. The number of nitrogens with zero attached hydrogens (tertiary/aromatic N) is 4. The molecule has 0 spiro atoms. The van der Waals surface area contributed by atoms with Crippen molar-refractivity contribution in [1.29, 1.82) is 0 Å². The topological polar surface area (TPSA) is 55.6 Å². The van der Waals surface area contributed by atoms with Crippen LogP contribution in [0.25, 0.3) is 11.2 Å². The van der Waals surface area contributed by atoms with E-state index >= 15 is 0 Å². The van der Waals surface area contributed by atoms with Gasteiger partial charge in [0.25, 0.3) is 0 Å². The van der Waals surface area contributed by atoms with Crippen LogP contribution in [0.4, 0.5) is 19.0 Å². The maximum Gasteiger partial charge on any atom is 0.451 e. The van der Waals surface area contributed by atoms with Gasteiger partial charge in [-0.05, 0) is 30.9 Å². The minimum absolute atomic E-state index is 0.140. The van der Waals surface area contributed by atoms with E-state index in [4.69, 9.17) is 11.6 Å². The van der Waals surface area contributed by atoms with Crippen LogP contribution >= 0.6 is 11.6 Å². The van der Waals surface area contributed by atoms with Gasteiger partial charge in [-0.2, -0.15) is 13.2 Å². The third kappa shape index (κ3) is 3.46. The number of fused-ring (bicyclic) bond motifs is 1. The van der Waals surface area contributed by atoms with Gasteiger partial charge >= 0.3 is 6.18 Å². The van der Waals surface area contributed by atoms with Gasteiger partial charge in [-0.3, -0.25) is 0 Å². The lowest BCUT2D eigenvalue weighted by Gasteiger charge is -2.11. The number of hydrogen-bond donors (Lipinski definition) is 1. The number of benzene rings is 1. The highest BCUT2D eigenvalue weighted by molar-refractivity contribution is 6.31. The molecule has 0 radical (unpaired) electrons. The van der Waals surface area contributed by atoms with E-state index in [9.17, 15) is 13.2 Å². The van der Waals surface area contributed by atoms with Gasteiger partial charge in [0.2, 0.25) is 5.82 Å². The van der Waals surface area contributed by atoms with Crippen molar-refractivity contribution in [3.8, 4) is 0 Å². The van der Waals surface area contributed by atoms with Crippen molar-refractivity contribution in [3.05, 3.63) is 47.0 Å². The summed E-state index contributed by atoms with van der Waals surface area (Å²) in [5.74, 6) is -1.02. The number of rotatable bonds is 5. The van der Waals surface area contributed by atoms with Gasteiger partial charge in [0.15, 0.2) is 11.5 Å². The lowest BCUT2D eigenvalue weighted by atomic mass is 10.1. The van der Waals surface area contributed by atoms with Crippen molar-refractivity contribution in [2.24, 2.45) is 0 Å². The smallest absolute Gasteiger partial charge is 0.365 e. The van der Waals surface area contributed by atoms with Crippen LogP contribution in [0, 0.1) is 0 Å². The monoisotopic (exact) mass is 381 g/mol. The van der Waals surface area contributed by atoms with E-state index in [0.717, 1.165) is 18.4 Å². The minimum atomic E-state index is -4.62. The average Bonchev–Trinajstić information content (AvgIpc) is 3.31. The second kappa shape index (κ2) is 6.42. The molecule has 26 heavy (non-hydrogen) atoms. The van der Waals surface area contributed by atoms with Crippen molar-refractivity contribution >= 4 is 28.6 Å². The molecule has 0 aliphatic heterocycles. The van der Waals surface area contributed by atoms with Gasteiger partial charge in [0.05, 0.1) is 6.33 Å². The highest BCUT2D eigenvalue weighted by Crippen LogP contribution is 2.32. The van der Waals surface area contributed by atoms with E-state index in [1.165, 1.54) is 6.33 Å². The van der Waals surface area contributed by atoms with Crippen molar-refractivity contribution in [1.82, 2.24) is 19.5 Å². The molecule has 1 saturated carbocycles. The first-order chi connectivity index (χ1) is 12.4. The molecule has 5 nitrogen and oxygen atoms in total. The summed E-state index contributed by atoms with van der Waals surface area (Å²) in [6.07, 6.45) is -0.734. The van der Waals surface area contributed by atoms with E-state index in [1.807, 2.05) is 18.2 Å². The molecular weight excluding hydrogens is 367 g/mol. The molecule has 9 heteroatoms. The van der Waals surface area contributed by atoms with Crippen LogP contribution in [0.5, 0.6) is 0 Å². The Labute approximate surface area is 152 Å². The largest absolute Gasteiger partial charge is 0.451 e. The van der Waals surface area contributed by atoms with Crippen LogP contribution in [-0.2, 0) is 19.1 Å². The fourth-order valence-electron chi connectivity index (χ4n) is 2.70. The van der Waals surface area contributed by atoms with Gasteiger partial charge in [-0.15, -0.1) is 0 Å². The molecule has 1 aliphatic rings. The Bertz CT molecular complexity index is 949. The number of nitrogens with one attached hydrogen (secondary N) is 1. The Kier molecular flexibility index (Phi) is 4.22. The number of imidazole rings is 1. The molecule has 1 aromatic carbocycles. The molecule has 2 heterocycles. The van der Waals surface area contributed by atoms with E-state index < -0.39 is 12.0 Å². The van der Waals surface area contributed by atoms with E-state index in [0.29, 0.717) is 23.5 Å². The number of halogens is 4. The molecule has 4 rings (SSSR count). The number of alkyl halides is 3. The number of aromatic nitrogens is 4. The Morgan fingerprint density at radius 2 is 1.96 bits per heavy atom. The second-order valence-electron chi connectivity index (χ2n) is 6.26. The Balaban J connectivity index is 1.70. The van der Waals surface area contributed by atoms with Crippen LogP contribution in [-0.4, -0.2) is 25.6 Å². The van der Waals surface area contributed by atoms with Crippen LogP contribution in [0.1, 0.15) is 24.2 Å². The molecule has 0 unspecified atom stereocenters. The van der Waals surface area contributed by atoms with E-state index in [2.05, 4.69) is 20.3 Å². The van der Waals surface area contributed by atoms with Gasteiger partial charge in [-0.1, -0.05) is 29.8 Å². The Morgan fingerprint density at radius 3 is 2.65 bits per heavy atom. The van der Waals surface area contributed by atoms with Crippen molar-refractivity contribution < 1.29 is 13.2 Å². The zero-order chi connectivity index (χ0) is 18.3. The highest BCUT2D eigenvalue weighted by atomic mass is 35.5. The summed E-state index contributed by atoms with van der Waals surface area (Å²) < 4.78 is 41.2. The SMILES string of the molecule is FC(F)(F)c1nc(NC2CC2)c2ncn(CCc3ccccc3Cl)c2n1. The predicted molar refractivity (Wildman–Crippen MR) is 92.1 cm³/mol. The fourth-order valence-corrected chi connectivity index (χ4v) is 2.93. The lowest BCUT2D eigenvalue weighted by molar-refractivity contribution is -0.144. The first-order valence-electron chi connectivity index (χ1n) is 8.22. The third-order valence-corrected chi connectivity index (χ3v) is 4.58. The van der Waals surface area contributed by atoms with Crippen molar-refractivity contribution in [3.63, 3.8) is 0 Å². The third-order valence-electron chi connectivity index (χ3n) is 4.22. The minimum Gasteiger partial charge on any atom is -0.365 e. The molecule has 1 fully saturated rings. The lowest BCUT2D eigenvalue weighted by Crippen LogP contribution is -2.15. The first-order valence-corrected chi connectivity index (χ1v) is 8.59. The maximum absolute atomic E-state index is 13.2.